The number of amides is 1. The zero-order chi connectivity index (χ0) is 11.5. The van der Waals surface area contributed by atoms with E-state index in [1.54, 1.807) is 23.6 Å². The average Bonchev–Trinajstić information content (AvgIpc) is 2.68. The Kier molecular flexibility index (Phi) is 3.36. The Hall–Kier alpha value is -1.20. The third-order valence-corrected chi connectivity index (χ3v) is 3.29. The third kappa shape index (κ3) is 2.68. The van der Waals surface area contributed by atoms with Crippen LogP contribution in [0, 0.1) is 6.92 Å². The molecule has 0 unspecified atom stereocenters. The molecule has 0 aliphatic heterocycles. The molecule has 0 aromatic carbocycles. The molecule has 0 bridgehead atoms. The number of pyridine rings is 1. The Morgan fingerprint density at radius 3 is 2.88 bits per heavy atom. The molecule has 0 spiro atoms. The number of carbonyl (C=O) groups is 1. The van der Waals surface area contributed by atoms with Gasteiger partial charge in [0.15, 0.2) is 0 Å². The molecule has 3 nitrogen and oxygen atoms in total. The summed E-state index contributed by atoms with van der Waals surface area (Å²) < 4.78 is 0.886. The highest BCUT2D eigenvalue weighted by Gasteiger charge is 2.07. The highest BCUT2D eigenvalue weighted by atomic mass is 79.9. The van der Waals surface area contributed by atoms with Crippen LogP contribution in [0.15, 0.2) is 34.2 Å². The lowest BCUT2D eigenvalue weighted by Crippen LogP contribution is -2.11. The third-order valence-electron chi connectivity index (χ3n) is 1.96. The van der Waals surface area contributed by atoms with Crippen molar-refractivity contribution in [3.8, 4) is 0 Å². The van der Waals surface area contributed by atoms with Crippen LogP contribution < -0.4 is 5.32 Å². The summed E-state index contributed by atoms with van der Waals surface area (Å²) in [5, 5.41) is 4.57. The second-order valence-electron chi connectivity index (χ2n) is 3.26. The van der Waals surface area contributed by atoms with Crippen LogP contribution in [0.5, 0.6) is 0 Å². The number of carbonyl (C=O) groups excluding carboxylic acids is 1. The van der Waals surface area contributed by atoms with Gasteiger partial charge in [-0.25, -0.2) is 4.98 Å². The van der Waals surface area contributed by atoms with Crippen molar-refractivity contribution in [2.45, 2.75) is 6.92 Å². The second-order valence-corrected chi connectivity index (χ2v) is 5.29. The van der Waals surface area contributed by atoms with Gasteiger partial charge >= 0.3 is 0 Å². The van der Waals surface area contributed by atoms with Crippen LogP contribution in [0.4, 0.5) is 5.82 Å². The molecule has 0 aliphatic carbocycles. The molecule has 2 aromatic rings. The van der Waals surface area contributed by atoms with Gasteiger partial charge in [-0.1, -0.05) is 0 Å². The van der Waals surface area contributed by atoms with Crippen molar-refractivity contribution in [2.75, 3.05) is 5.32 Å². The SMILES string of the molecule is Cc1cc(C(=O)Nc2ccc(Br)cn2)cs1. The molecule has 0 radical (unpaired) electrons. The van der Waals surface area contributed by atoms with Crippen molar-refractivity contribution < 1.29 is 4.79 Å². The number of nitrogens with one attached hydrogen (secondary N) is 1. The number of hydrogen-bond donors (Lipinski definition) is 1. The number of aromatic nitrogens is 1. The normalized spacial score (nSPS) is 10.1. The van der Waals surface area contributed by atoms with E-state index in [0.717, 1.165) is 9.35 Å². The summed E-state index contributed by atoms with van der Waals surface area (Å²) in [6, 6.07) is 5.45. The van der Waals surface area contributed by atoms with E-state index in [1.165, 1.54) is 0 Å². The topological polar surface area (TPSA) is 42.0 Å². The summed E-state index contributed by atoms with van der Waals surface area (Å²) in [5.41, 5.74) is 0.673. The van der Waals surface area contributed by atoms with Gasteiger partial charge in [0, 0.05) is 20.9 Å². The standard InChI is InChI=1S/C11H9BrN2OS/c1-7-4-8(6-16-7)11(15)14-10-3-2-9(12)5-13-10/h2-6H,1H3,(H,13,14,15). The number of aryl methyl sites for hydroxylation is 1. The fraction of sp³-hybridized carbons (Fsp3) is 0.0909. The number of anilines is 1. The molecular weight excluding hydrogens is 288 g/mol. The van der Waals surface area contributed by atoms with Gasteiger partial charge in [0.05, 0.1) is 5.56 Å². The van der Waals surface area contributed by atoms with Crippen molar-refractivity contribution >= 4 is 39.0 Å². The maximum absolute atomic E-state index is 11.8. The predicted octanol–water partition coefficient (Wildman–Crippen LogP) is 3.47. The zero-order valence-electron chi connectivity index (χ0n) is 8.53. The van der Waals surface area contributed by atoms with Crippen LogP contribution in [-0.4, -0.2) is 10.9 Å². The number of halogens is 1. The lowest BCUT2D eigenvalue weighted by molar-refractivity contribution is 0.102. The summed E-state index contributed by atoms with van der Waals surface area (Å²) >= 11 is 4.84. The molecule has 2 aromatic heterocycles. The molecular formula is C11H9BrN2OS. The predicted molar refractivity (Wildman–Crippen MR) is 68.9 cm³/mol. The van der Waals surface area contributed by atoms with Crippen LogP contribution in [0.1, 0.15) is 15.2 Å². The first-order chi connectivity index (χ1) is 7.65. The first kappa shape index (κ1) is 11.3. The van der Waals surface area contributed by atoms with E-state index < -0.39 is 0 Å². The molecule has 0 saturated heterocycles. The molecule has 5 heteroatoms. The monoisotopic (exact) mass is 296 g/mol. The highest BCUT2D eigenvalue weighted by molar-refractivity contribution is 9.10. The van der Waals surface area contributed by atoms with Crippen molar-refractivity contribution in [3.63, 3.8) is 0 Å². The van der Waals surface area contributed by atoms with Gasteiger partial charge in [0.1, 0.15) is 5.82 Å². The maximum Gasteiger partial charge on any atom is 0.257 e. The quantitative estimate of drug-likeness (QED) is 0.922. The van der Waals surface area contributed by atoms with Gasteiger partial charge in [-0.3, -0.25) is 4.79 Å². The minimum absolute atomic E-state index is 0.126. The summed E-state index contributed by atoms with van der Waals surface area (Å²) in [5.74, 6) is 0.427. The van der Waals surface area contributed by atoms with E-state index in [9.17, 15) is 4.79 Å². The van der Waals surface area contributed by atoms with Crippen LogP contribution in [0.3, 0.4) is 0 Å². The number of rotatable bonds is 2. The molecule has 0 atom stereocenters. The summed E-state index contributed by atoms with van der Waals surface area (Å²) in [4.78, 5) is 17.0. The Balaban J connectivity index is 2.10. The molecule has 1 N–H and O–H groups in total. The molecule has 0 aliphatic rings. The average molecular weight is 297 g/mol. The molecule has 2 heterocycles. The second kappa shape index (κ2) is 4.76. The van der Waals surface area contributed by atoms with Crippen molar-refractivity contribution in [3.05, 3.63) is 44.7 Å². The van der Waals surface area contributed by atoms with Gasteiger partial charge in [-0.15, -0.1) is 11.3 Å². The van der Waals surface area contributed by atoms with E-state index in [2.05, 4.69) is 26.2 Å². The van der Waals surface area contributed by atoms with E-state index in [-0.39, 0.29) is 5.91 Å². The van der Waals surface area contributed by atoms with Crippen LogP contribution in [0.2, 0.25) is 0 Å². The Morgan fingerprint density at radius 2 is 2.31 bits per heavy atom. The summed E-state index contributed by atoms with van der Waals surface area (Å²) in [6.07, 6.45) is 1.65. The Bertz CT molecular complexity index is 507. The molecule has 0 fully saturated rings. The first-order valence-electron chi connectivity index (χ1n) is 4.63. The zero-order valence-corrected chi connectivity index (χ0v) is 10.9. The Morgan fingerprint density at radius 1 is 1.50 bits per heavy atom. The van der Waals surface area contributed by atoms with E-state index in [0.29, 0.717) is 11.4 Å². The van der Waals surface area contributed by atoms with Crippen molar-refractivity contribution in [1.82, 2.24) is 4.98 Å². The van der Waals surface area contributed by atoms with Crippen molar-refractivity contribution in [2.24, 2.45) is 0 Å². The van der Waals surface area contributed by atoms with Crippen LogP contribution in [0.25, 0.3) is 0 Å². The fourth-order valence-electron chi connectivity index (χ4n) is 1.20. The summed E-state index contributed by atoms with van der Waals surface area (Å²) in [6.45, 7) is 1.97. The highest BCUT2D eigenvalue weighted by Crippen LogP contribution is 2.15. The summed E-state index contributed by atoms with van der Waals surface area (Å²) in [7, 11) is 0. The van der Waals surface area contributed by atoms with Gasteiger partial charge in [-0.05, 0) is 41.1 Å². The lowest BCUT2D eigenvalue weighted by Gasteiger charge is -2.02. The van der Waals surface area contributed by atoms with E-state index >= 15 is 0 Å². The number of thiophene rings is 1. The molecule has 82 valence electrons. The molecule has 2 rings (SSSR count). The Labute approximate surface area is 106 Å². The molecule has 16 heavy (non-hydrogen) atoms. The van der Waals surface area contributed by atoms with Gasteiger partial charge in [-0.2, -0.15) is 0 Å². The number of hydrogen-bond acceptors (Lipinski definition) is 3. The molecule has 1 amide bonds. The van der Waals surface area contributed by atoms with Gasteiger partial charge in [0.25, 0.3) is 5.91 Å². The smallest absolute Gasteiger partial charge is 0.257 e. The van der Waals surface area contributed by atoms with Crippen LogP contribution >= 0.6 is 27.3 Å². The largest absolute Gasteiger partial charge is 0.307 e. The lowest BCUT2D eigenvalue weighted by atomic mass is 10.3. The minimum atomic E-state index is -0.126. The first-order valence-corrected chi connectivity index (χ1v) is 6.30. The molecule has 0 saturated carbocycles. The van der Waals surface area contributed by atoms with E-state index in [1.807, 2.05) is 24.4 Å². The van der Waals surface area contributed by atoms with Gasteiger partial charge < -0.3 is 5.32 Å². The number of nitrogens with zero attached hydrogens (tertiary/aromatic N) is 1. The van der Waals surface area contributed by atoms with E-state index in [4.69, 9.17) is 0 Å². The van der Waals surface area contributed by atoms with Crippen molar-refractivity contribution in [1.29, 1.82) is 0 Å². The maximum atomic E-state index is 11.8. The minimum Gasteiger partial charge on any atom is -0.307 e. The van der Waals surface area contributed by atoms with Gasteiger partial charge in [0.2, 0.25) is 0 Å². The fourth-order valence-corrected chi connectivity index (χ4v) is 2.12. The van der Waals surface area contributed by atoms with Crippen LogP contribution in [-0.2, 0) is 0 Å².